The monoisotopic (exact) mass is 987 g/mol. The van der Waals surface area contributed by atoms with Crippen molar-refractivity contribution in [3.63, 3.8) is 0 Å². The van der Waals surface area contributed by atoms with Crippen LogP contribution in [-0.2, 0) is 17.9 Å². The molecule has 12 aromatic rings. The summed E-state index contributed by atoms with van der Waals surface area (Å²) < 4.78 is 34.4. The van der Waals surface area contributed by atoms with Crippen LogP contribution in [-0.4, -0.2) is 8.97 Å². The van der Waals surface area contributed by atoms with Gasteiger partial charge in [0.1, 0.15) is 11.6 Å². The van der Waals surface area contributed by atoms with Gasteiger partial charge in [0, 0.05) is 67.7 Å². The van der Waals surface area contributed by atoms with Crippen LogP contribution in [0.2, 0.25) is 0 Å². The van der Waals surface area contributed by atoms with Crippen molar-refractivity contribution in [2.75, 3.05) is 9.80 Å². The average Bonchev–Trinajstić information content (AvgIpc) is 4.12. The summed E-state index contributed by atoms with van der Waals surface area (Å²) in [5.41, 5.74) is 18.6. The fourth-order valence-corrected chi connectivity index (χ4v) is 12.0. The zero-order valence-corrected chi connectivity index (χ0v) is 44.9. The van der Waals surface area contributed by atoms with E-state index in [9.17, 15) is 8.78 Å². The third-order valence-corrected chi connectivity index (χ3v) is 15.8. The van der Waals surface area contributed by atoms with Gasteiger partial charge in [0.25, 0.3) is 0 Å². The van der Waals surface area contributed by atoms with Gasteiger partial charge in [-0.15, -0.1) is 0 Å². The van der Waals surface area contributed by atoms with E-state index in [1.54, 1.807) is 24.3 Å². The van der Waals surface area contributed by atoms with Crippen molar-refractivity contribution in [3.8, 4) is 11.1 Å². The Morgan fingerprint density at radius 2 is 0.840 bits per heavy atom. The van der Waals surface area contributed by atoms with Gasteiger partial charge in [-0.05, 0) is 141 Å². The molecule has 0 fully saturated rings. The second-order valence-corrected chi connectivity index (χ2v) is 23.4. The van der Waals surface area contributed by atoms with Crippen molar-refractivity contribution in [1.29, 1.82) is 0 Å². The van der Waals surface area contributed by atoms with Gasteiger partial charge < -0.3 is 18.8 Å². The number of aromatic nitrogens is 2. The van der Waals surface area contributed by atoms with Gasteiger partial charge in [-0.2, -0.15) is 0 Å². The van der Waals surface area contributed by atoms with Crippen molar-refractivity contribution in [3.05, 3.63) is 210 Å². The summed E-state index contributed by atoms with van der Waals surface area (Å²) in [7, 11) is 2.22. The molecule has 3 aromatic heterocycles. The lowest BCUT2D eigenvalue weighted by Crippen LogP contribution is -2.12. The molecule has 0 spiro atoms. The number of hydrogen-bond donors (Lipinski definition) is 0. The summed E-state index contributed by atoms with van der Waals surface area (Å²) in [6.07, 6.45) is 0. The van der Waals surface area contributed by atoms with Crippen LogP contribution in [0.15, 0.2) is 176 Å². The highest BCUT2D eigenvalue weighted by Crippen LogP contribution is 2.52. The molecule has 12 rings (SSSR count). The quantitative estimate of drug-likeness (QED) is 0.143. The Hall–Kier alpha value is -7.96. The lowest BCUT2D eigenvalue weighted by atomic mass is 9.85. The molecule has 9 aromatic carbocycles. The highest BCUT2D eigenvalue weighted by Gasteiger charge is 2.30. The molecule has 0 unspecified atom stereocenters. The van der Waals surface area contributed by atoms with E-state index in [4.69, 9.17) is 0 Å². The lowest BCUT2D eigenvalue weighted by molar-refractivity contribution is 0.593. The predicted octanol–water partition coefficient (Wildman–Crippen LogP) is 20.2. The number of halogens is 2. The minimum Gasteiger partial charge on any atom is -0.343 e. The molecular formula is C69H64F2N4. The highest BCUT2D eigenvalue weighted by molar-refractivity contribution is 6.28. The number of aryl methyl sites for hydroxylation is 1. The first-order chi connectivity index (χ1) is 35.9. The van der Waals surface area contributed by atoms with E-state index >= 15 is 0 Å². The minimum absolute atomic E-state index is 0.140. The molecule has 0 saturated carbocycles. The summed E-state index contributed by atoms with van der Waals surface area (Å²) >= 11 is 0. The Morgan fingerprint density at radius 3 is 1.32 bits per heavy atom. The third kappa shape index (κ3) is 7.74. The molecule has 0 aliphatic rings. The maximum atomic E-state index is 14.8. The molecule has 6 heteroatoms. The molecule has 4 nitrogen and oxygen atoms in total. The largest absolute Gasteiger partial charge is 0.343 e. The van der Waals surface area contributed by atoms with Crippen LogP contribution >= 0.6 is 0 Å². The van der Waals surface area contributed by atoms with Crippen molar-refractivity contribution in [2.45, 2.75) is 91.9 Å². The van der Waals surface area contributed by atoms with Crippen LogP contribution in [0.5, 0.6) is 0 Å². The van der Waals surface area contributed by atoms with E-state index in [1.165, 1.54) is 54.8 Å². The fraction of sp³-hybridized carbons (Fsp3) is 0.217. The summed E-state index contributed by atoms with van der Waals surface area (Å²) in [6.45, 7) is 22.7. The number of benzene rings is 9. The number of para-hydroxylation sites is 2. The molecular weight excluding hydrogens is 923 g/mol. The van der Waals surface area contributed by atoms with E-state index < -0.39 is 0 Å². The van der Waals surface area contributed by atoms with Crippen molar-refractivity contribution >= 4 is 94.0 Å². The van der Waals surface area contributed by atoms with Crippen molar-refractivity contribution in [2.24, 2.45) is 7.05 Å². The first-order valence-corrected chi connectivity index (χ1v) is 26.5. The number of rotatable bonds is 9. The minimum atomic E-state index is -0.270. The number of anilines is 6. The van der Waals surface area contributed by atoms with E-state index in [1.807, 2.05) is 24.3 Å². The standard InChI is InChI=1S/C69H64F2N4/c1-41(2)43-18-27-48(28-19-43)73(50-31-23-46(70)24-32-50)59-38-36-52(66-62(59)55-14-12-16-57(68(5,6)7)64(55)72(66)11)45-22-35-53-54-37-39-60(74(51-33-25-47(71)26-34-51)49-29-20-44(21-30-49)42(3)4)63-56-15-13-17-58(69(8,9)10)65(56)75(67(54)63)61(53)40-45/h12-42H,1-11H3. The fourth-order valence-electron chi connectivity index (χ4n) is 12.0. The predicted molar refractivity (Wildman–Crippen MR) is 315 cm³/mol. The first kappa shape index (κ1) is 48.0. The number of fused-ring (bicyclic) bond motifs is 9. The van der Waals surface area contributed by atoms with Crippen LogP contribution in [0.1, 0.15) is 103 Å². The second-order valence-electron chi connectivity index (χ2n) is 23.4. The number of nitrogens with zero attached hydrogens (tertiary/aromatic N) is 4. The summed E-state index contributed by atoms with van der Waals surface area (Å²) in [4.78, 5) is 4.59. The Bertz CT molecular complexity index is 4140. The van der Waals surface area contributed by atoms with Crippen molar-refractivity contribution in [1.82, 2.24) is 8.97 Å². The van der Waals surface area contributed by atoms with Crippen LogP contribution in [0, 0.1) is 11.6 Å². The van der Waals surface area contributed by atoms with Crippen LogP contribution in [0.3, 0.4) is 0 Å². The van der Waals surface area contributed by atoms with Gasteiger partial charge in [0.2, 0.25) is 0 Å². The molecule has 0 atom stereocenters. The van der Waals surface area contributed by atoms with Crippen LogP contribution in [0.25, 0.3) is 71.0 Å². The van der Waals surface area contributed by atoms with E-state index in [0.717, 1.165) is 72.6 Å². The Morgan fingerprint density at radius 1 is 0.413 bits per heavy atom. The maximum Gasteiger partial charge on any atom is 0.123 e. The van der Waals surface area contributed by atoms with E-state index in [-0.39, 0.29) is 22.5 Å². The Kier molecular flexibility index (Phi) is 11.3. The number of hydrogen-bond acceptors (Lipinski definition) is 2. The van der Waals surface area contributed by atoms with Gasteiger partial charge in [0.05, 0.1) is 39.0 Å². The lowest BCUT2D eigenvalue weighted by Gasteiger charge is -2.27. The zero-order chi connectivity index (χ0) is 52.4. The molecule has 0 aliphatic carbocycles. The molecule has 0 aliphatic heterocycles. The first-order valence-electron chi connectivity index (χ1n) is 26.5. The van der Waals surface area contributed by atoms with Crippen LogP contribution < -0.4 is 9.80 Å². The van der Waals surface area contributed by atoms with E-state index in [0.29, 0.717) is 11.8 Å². The summed E-state index contributed by atoms with van der Waals surface area (Å²) in [6, 6.07) is 61.1. The molecule has 0 amide bonds. The zero-order valence-electron chi connectivity index (χ0n) is 44.9. The molecule has 0 N–H and O–H groups in total. The summed E-state index contributed by atoms with van der Waals surface area (Å²) in [5, 5.41) is 6.99. The average molecular weight is 987 g/mol. The van der Waals surface area contributed by atoms with Gasteiger partial charge in [-0.3, -0.25) is 0 Å². The van der Waals surface area contributed by atoms with Crippen LogP contribution in [0.4, 0.5) is 42.9 Å². The smallest absolute Gasteiger partial charge is 0.123 e. The van der Waals surface area contributed by atoms with Gasteiger partial charge in [-0.1, -0.05) is 154 Å². The SMILES string of the molecule is CC(C)c1ccc(N(c2ccc(F)cc2)c2ccc(-c3ccc4c5ccc(N(c6ccc(F)cc6)c6ccc(C(C)C)cc6)c6c7cccc(C(C)(C)C)c7n(c4c3)c56)c3c2c2cccc(C(C)(C)C)c2n3C)cc1. The highest BCUT2D eigenvalue weighted by atomic mass is 19.1. The normalized spacial score (nSPS) is 12.6. The van der Waals surface area contributed by atoms with E-state index in [2.05, 4.69) is 222 Å². The Balaban J connectivity index is 1.16. The van der Waals surface area contributed by atoms with Crippen molar-refractivity contribution < 1.29 is 8.78 Å². The van der Waals surface area contributed by atoms with Gasteiger partial charge in [-0.25, -0.2) is 8.78 Å². The maximum absolute atomic E-state index is 14.8. The molecule has 0 saturated heterocycles. The molecule has 0 radical (unpaired) electrons. The third-order valence-electron chi connectivity index (χ3n) is 15.8. The molecule has 0 bridgehead atoms. The molecule has 75 heavy (non-hydrogen) atoms. The second kappa shape index (κ2) is 17.6. The molecule has 3 heterocycles. The van der Waals surface area contributed by atoms with Gasteiger partial charge in [0.15, 0.2) is 0 Å². The Labute approximate surface area is 439 Å². The topological polar surface area (TPSA) is 15.8 Å². The van der Waals surface area contributed by atoms with Gasteiger partial charge >= 0.3 is 0 Å². The summed E-state index contributed by atoms with van der Waals surface area (Å²) in [5.74, 6) is 0.226. The molecule has 374 valence electrons.